The van der Waals surface area contributed by atoms with E-state index < -0.39 is 41.6 Å². The molecule has 2 aromatic rings. The first kappa shape index (κ1) is 31.0. The second-order valence-electron chi connectivity index (χ2n) is 9.03. The van der Waals surface area contributed by atoms with Gasteiger partial charge in [0.15, 0.2) is 5.78 Å². The second-order valence-corrected chi connectivity index (χ2v) is 9.03. The smallest absolute Gasteiger partial charge is 0.449 e. The van der Waals surface area contributed by atoms with Crippen molar-refractivity contribution in [2.75, 3.05) is 26.2 Å². The third-order valence-corrected chi connectivity index (χ3v) is 5.98. The van der Waals surface area contributed by atoms with Gasteiger partial charge in [0, 0.05) is 38.2 Å². The van der Waals surface area contributed by atoms with Crippen molar-refractivity contribution < 1.29 is 32.0 Å². The van der Waals surface area contributed by atoms with E-state index in [0.29, 0.717) is 6.42 Å². The van der Waals surface area contributed by atoms with Crippen molar-refractivity contribution in [3.63, 3.8) is 0 Å². The summed E-state index contributed by atoms with van der Waals surface area (Å²) in [5.74, 6) is -2.60. The van der Waals surface area contributed by atoms with Gasteiger partial charge in [-0.25, -0.2) is 0 Å². The summed E-state index contributed by atoms with van der Waals surface area (Å²) in [5.41, 5.74) is 17.8. The molecule has 0 aliphatic heterocycles. The van der Waals surface area contributed by atoms with Gasteiger partial charge in [-0.2, -0.15) is 13.2 Å². The van der Waals surface area contributed by atoms with Crippen molar-refractivity contribution in [1.82, 2.24) is 10.2 Å². The first-order valence-corrected chi connectivity index (χ1v) is 12.4. The molecule has 0 fully saturated rings. The van der Waals surface area contributed by atoms with Gasteiger partial charge in [0.25, 0.3) is 0 Å². The number of alkyl halides is 3. The van der Waals surface area contributed by atoms with Crippen LogP contribution in [-0.4, -0.2) is 60.8 Å². The maximum absolute atomic E-state index is 13.3. The van der Waals surface area contributed by atoms with Crippen LogP contribution >= 0.6 is 0 Å². The number of amides is 2. The van der Waals surface area contributed by atoms with Crippen LogP contribution < -0.4 is 22.5 Å². The number of hydrogen-bond donors (Lipinski definition) is 4. The Morgan fingerprint density at radius 2 is 1.68 bits per heavy atom. The Hall–Kier alpha value is -3.22. The van der Waals surface area contributed by atoms with Crippen LogP contribution in [0.2, 0.25) is 0 Å². The number of aryl methyl sites for hydroxylation is 3. The number of carbonyl (C=O) groups is 3. The molecule has 1 aromatic heterocycles. The lowest BCUT2D eigenvalue weighted by Gasteiger charge is -2.24. The first-order valence-electron chi connectivity index (χ1n) is 12.4. The molecule has 0 saturated carbocycles. The van der Waals surface area contributed by atoms with E-state index in [2.05, 4.69) is 5.32 Å². The fourth-order valence-electron chi connectivity index (χ4n) is 4.06. The van der Waals surface area contributed by atoms with E-state index in [-0.39, 0.29) is 63.2 Å². The summed E-state index contributed by atoms with van der Waals surface area (Å²) in [5, 5.41) is 2.60. The number of benzene rings is 1. The van der Waals surface area contributed by atoms with E-state index in [9.17, 15) is 27.6 Å². The highest BCUT2D eigenvalue weighted by Crippen LogP contribution is 2.34. The van der Waals surface area contributed by atoms with Gasteiger partial charge in [0.2, 0.25) is 17.6 Å². The third kappa shape index (κ3) is 9.58. The van der Waals surface area contributed by atoms with Crippen molar-refractivity contribution in [2.45, 2.75) is 57.3 Å². The highest BCUT2D eigenvalue weighted by Gasteiger charge is 2.38. The highest BCUT2D eigenvalue weighted by molar-refractivity contribution is 5.93. The molecule has 1 heterocycles. The summed E-state index contributed by atoms with van der Waals surface area (Å²) in [6, 6.07) is 8.25. The van der Waals surface area contributed by atoms with Gasteiger partial charge in [-0.3, -0.25) is 14.4 Å². The zero-order valence-corrected chi connectivity index (χ0v) is 21.4. The van der Waals surface area contributed by atoms with Gasteiger partial charge in [-0.15, -0.1) is 0 Å². The molecule has 210 valence electrons. The molecule has 2 amide bonds. The van der Waals surface area contributed by atoms with Crippen molar-refractivity contribution in [2.24, 2.45) is 17.2 Å². The molecule has 12 heteroatoms. The van der Waals surface area contributed by atoms with Gasteiger partial charge in [-0.05, 0) is 37.8 Å². The van der Waals surface area contributed by atoms with Crippen LogP contribution in [0.3, 0.4) is 0 Å². The number of Topliss-reactive ketones (excluding diaryl/α,β-unsaturated/α-hetero) is 1. The topological polar surface area (TPSA) is 158 Å². The molecule has 0 radical (unpaired) electrons. The van der Waals surface area contributed by atoms with Gasteiger partial charge in [0.05, 0.1) is 18.5 Å². The minimum absolute atomic E-state index is 0.0858. The predicted octanol–water partition coefficient (Wildman–Crippen LogP) is 1.69. The Morgan fingerprint density at radius 3 is 2.26 bits per heavy atom. The van der Waals surface area contributed by atoms with E-state index in [1.54, 1.807) is 0 Å². The van der Waals surface area contributed by atoms with Crippen LogP contribution in [0.4, 0.5) is 13.2 Å². The van der Waals surface area contributed by atoms with Gasteiger partial charge < -0.3 is 31.8 Å². The number of ketones is 1. The zero-order valence-electron chi connectivity index (χ0n) is 21.4. The normalized spacial score (nSPS) is 13.1. The monoisotopic (exact) mass is 539 g/mol. The molecule has 0 aliphatic carbocycles. The summed E-state index contributed by atoms with van der Waals surface area (Å²) in [6.07, 6.45) is -4.82. The molecule has 9 nitrogen and oxygen atoms in total. The number of nitrogens with zero attached hydrogens (tertiary/aromatic N) is 1. The van der Waals surface area contributed by atoms with Crippen LogP contribution in [0.1, 0.15) is 41.9 Å². The standard InChI is InChI=1S/C26H36F3N5O4/c1-17-15-19(24(38-17)26(27,28)29)8-10-22(35)21(9-7-18-5-3-2-4-6-18)33-25(37)20(32)16-23(36)34(13-11-30)14-12-31/h2-6,15,20-21H,7-14,16,30-32H2,1H3,(H,33,37)/t20-,21-/m0/s1. The van der Waals surface area contributed by atoms with Gasteiger partial charge >= 0.3 is 6.18 Å². The molecule has 0 bridgehead atoms. The van der Waals surface area contributed by atoms with E-state index in [1.807, 2.05) is 30.3 Å². The molecular weight excluding hydrogens is 503 g/mol. The van der Waals surface area contributed by atoms with E-state index in [0.717, 1.165) is 5.56 Å². The average molecular weight is 540 g/mol. The fourth-order valence-corrected chi connectivity index (χ4v) is 4.06. The fraction of sp³-hybridized carbons (Fsp3) is 0.500. The van der Waals surface area contributed by atoms with Crippen LogP contribution in [-0.2, 0) is 33.4 Å². The summed E-state index contributed by atoms with van der Waals surface area (Å²) < 4.78 is 44.6. The maximum atomic E-state index is 13.3. The van der Waals surface area contributed by atoms with Crippen LogP contribution in [0, 0.1) is 6.92 Å². The lowest BCUT2D eigenvalue weighted by Crippen LogP contribution is -2.51. The van der Waals surface area contributed by atoms with Crippen LogP contribution in [0.25, 0.3) is 0 Å². The second kappa shape index (κ2) is 14.6. The Balaban J connectivity index is 2.10. The Bertz CT molecular complexity index is 1050. The first-order chi connectivity index (χ1) is 18.0. The summed E-state index contributed by atoms with van der Waals surface area (Å²) in [7, 11) is 0. The lowest BCUT2D eigenvalue weighted by molar-refractivity contribution is -0.154. The molecule has 0 spiro atoms. The van der Waals surface area contributed by atoms with Crippen molar-refractivity contribution >= 4 is 17.6 Å². The molecular formula is C26H36F3N5O4. The number of carbonyl (C=O) groups excluding carboxylic acids is 3. The zero-order chi connectivity index (χ0) is 28.3. The predicted molar refractivity (Wildman–Crippen MR) is 136 cm³/mol. The summed E-state index contributed by atoms with van der Waals surface area (Å²) in [4.78, 5) is 39.9. The minimum atomic E-state index is -4.69. The van der Waals surface area contributed by atoms with Crippen LogP contribution in [0.15, 0.2) is 40.8 Å². The van der Waals surface area contributed by atoms with Crippen molar-refractivity contribution in [3.05, 3.63) is 59.0 Å². The maximum Gasteiger partial charge on any atom is 0.449 e. The van der Waals surface area contributed by atoms with E-state index >= 15 is 0 Å². The molecule has 2 rings (SSSR count). The summed E-state index contributed by atoms with van der Waals surface area (Å²) >= 11 is 0. The number of nitrogens with two attached hydrogens (primary N) is 3. The van der Waals surface area contributed by atoms with Crippen molar-refractivity contribution in [3.8, 4) is 0 Å². The number of nitrogens with one attached hydrogen (secondary N) is 1. The SMILES string of the molecule is Cc1cc(CCC(=O)[C@H](CCc2ccccc2)NC(=O)[C@@H](N)CC(=O)N(CCN)CCN)c(C(F)(F)F)o1. The van der Waals surface area contributed by atoms with Crippen LogP contribution in [0.5, 0.6) is 0 Å². The third-order valence-electron chi connectivity index (χ3n) is 5.98. The van der Waals surface area contributed by atoms with E-state index in [4.69, 9.17) is 21.6 Å². The van der Waals surface area contributed by atoms with E-state index in [1.165, 1.54) is 17.9 Å². The number of halogens is 3. The number of rotatable bonds is 15. The lowest BCUT2D eigenvalue weighted by atomic mass is 9.97. The number of furan rings is 1. The highest BCUT2D eigenvalue weighted by atomic mass is 19.4. The Kier molecular flexibility index (Phi) is 11.9. The quantitative estimate of drug-likeness (QED) is 0.268. The number of hydrogen-bond acceptors (Lipinski definition) is 7. The Labute approximate surface area is 219 Å². The molecule has 0 aliphatic rings. The van der Waals surface area contributed by atoms with Gasteiger partial charge in [-0.1, -0.05) is 30.3 Å². The molecule has 0 saturated heterocycles. The molecule has 2 atom stereocenters. The minimum Gasteiger partial charge on any atom is -0.457 e. The molecule has 38 heavy (non-hydrogen) atoms. The largest absolute Gasteiger partial charge is 0.457 e. The molecule has 1 aromatic carbocycles. The Morgan fingerprint density at radius 1 is 1.05 bits per heavy atom. The molecule has 7 N–H and O–H groups in total. The summed E-state index contributed by atoms with van der Waals surface area (Å²) in [6.45, 7) is 2.35. The van der Waals surface area contributed by atoms with Gasteiger partial charge in [0.1, 0.15) is 5.76 Å². The molecule has 0 unspecified atom stereocenters. The average Bonchev–Trinajstić information content (AvgIpc) is 3.26. The van der Waals surface area contributed by atoms with Crippen molar-refractivity contribution in [1.29, 1.82) is 0 Å².